The van der Waals surface area contributed by atoms with Gasteiger partial charge in [0.05, 0.1) is 25.5 Å². The van der Waals surface area contributed by atoms with Crippen LogP contribution >= 0.6 is 0 Å². The van der Waals surface area contributed by atoms with Crippen LogP contribution in [0.15, 0.2) is 65.3 Å². The van der Waals surface area contributed by atoms with E-state index in [0.29, 0.717) is 23.6 Å². The third kappa shape index (κ3) is 4.70. The van der Waals surface area contributed by atoms with E-state index >= 15 is 0 Å². The zero-order valence-electron chi connectivity index (χ0n) is 15.3. The van der Waals surface area contributed by atoms with Crippen molar-refractivity contribution in [2.24, 2.45) is 0 Å². The number of nitrogens with one attached hydrogen (secondary N) is 2. The maximum atomic E-state index is 12.3. The predicted molar refractivity (Wildman–Crippen MR) is 102 cm³/mol. The van der Waals surface area contributed by atoms with E-state index in [-0.39, 0.29) is 23.8 Å². The molecule has 0 atom stereocenters. The number of phenols is 1. The van der Waals surface area contributed by atoms with Gasteiger partial charge < -0.3 is 24.9 Å². The van der Waals surface area contributed by atoms with Crippen molar-refractivity contribution in [3.63, 3.8) is 0 Å². The molecule has 2 amide bonds. The Labute approximate surface area is 161 Å². The zero-order chi connectivity index (χ0) is 19.9. The van der Waals surface area contributed by atoms with Crippen LogP contribution in [0, 0.1) is 0 Å². The number of ether oxygens (including phenoxy) is 1. The average molecular weight is 380 g/mol. The van der Waals surface area contributed by atoms with E-state index in [9.17, 15) is 14.7 Å². The highest BCUT2D eigenvalue weighted by Crippen LogP contribution is 2.23. The van der Waals surface area contributed by atoms with Crippen LogP contribution in [0.5, 0.6) is 11.5 Å². The first-order valence-corrected chi connectivity index (χ1v) is 8.61. The summed E-state index contributed by atoms with van der Waals surface area (Å²) in [5.74, 6) is 0.298. The van der Waals surface area contributed by atoms with Crippen molar-refractivity contribution in [2.45, 2.75) is 13.1 Å². The van der Waals surface area contributed by atoms with Gasteiger partial charge in [-0.1, -0.05) is 12.1 Å². The number of aromatic hydroxyl groups is 1. The number of hydrogen-bond donors (Lipinski definition) is 3. The number of amides is 2. The number of carbonyl (C=O) groups excluding carboxylic acids is 2. The van der Waals surface area contributed by atoms with Crippen LogP contribution in [0.1, 0.15) is 32.0 Å². The van der Waals surface area contributed by atoms with Crippen molar-refractivity contribution >= 4 is 11.8 Å². The molecule has 0 fully saturated rings. The molecule has 0 aliphatic carbocycles. The average Bonchev–Trinajstić information content (AvgIpc) is 3.24. The normalized spacial score (nSPS) is 10.3. The lowest BCUT2D eigenvalue weighted by Gasteiger charge is -2.09. The topological polar surface area (TPSA) is 101 Å². The van der Waals surface area contributed by atoms with Crippen molar-refractivity contribution in [3.8, 4) is 11.5 Å². The van der Waals surface area contributed by atoms with Crippen LogP contribution in [0.25, 0.3) is 0 Å². The number of phenolic OH excluding ortho intramolecular Hbond substituents is 1. The van der Waals surface area contributed by atoms with Gasteiger partial charge in [-0.15, -0.1) is 0 Å². The van der Waals surface area contributed by atoms with E-state index in [1.54, 1.807) is 48.7 Å². The molecule has 1 heterocycles. The van der Waals surface area contributed by atoms with Crippen LogP contribution in [0.2, 0.25) is 0 Å². The standard InChI is InChI=1S/C21H20N2O5/c1-27-16-7-8-18(19(24)11-16)21(26)22-12-14-4-2-5-15(10-14)20(25)23-13-17-6-3-9-28-17/h2-11,24H,12-13H2,1H3,(H,22,26)(H,23,25). The van der Waals surface area contributed by atoms with Crippen LogP contribution in [0.3, 0.4) is 0 Å². The summed E-state index contributed by atoms with van der Waals surface area (Å²) in [4.78, 5) is 24.6. The molecule has 0 saturated heterocycles. The molecular formula is C21H20N2O5. The summed E-state index contributed by atoms with van der Waals surface area (Å²) in [5.41, 5.74) is 1.38. The summed E-state index contributed by atoms with van der Waals surface area (Å²) in [6.07, 6.45) is 1.55. The maximum absolute atomic E-state index is 12.3. The lowest BCUT2D eigenvalue weighted by molar-refractivity contribution is 0.0942. The van der Waals surface area contributed by atoms with Gasteiger partial charge in [-0.05, 0) is 42.0 Å². The number of carbonyl (C=O) groups is 2. The highest BCUT2D eigenvalue weighted by atomic mass is 16.5. The molecule has 7 heteroatoms. The Morgan fingerprint density at radius 3 is 2.54 bits per heavy atom. The summed E-state index contributed by atoms with van der Waals surface area (Å²) in [6, 6.07) is 14.9. The molecule has 0 bridgehead atoms. The molecule has 144 valence electrons. The molecule has 1 aromatic heterocycles. The van der Waals surface area contributed by atoms with Gasteiger partial charge in [0.25, 0.3) is 11.8 Å². The molecule has 3 rings (SSSR count). The molecular weight excluding hydrogens is 360 g/mol. The van der Waals surface area contributed by atoms with E-state index < -0.39 is 5.91 Å². The van der Waals surface area contributed by atoms with Crippen molar-refractivity contribution in [1.29, 1.82) is 0 Å². The fourth-order valence-electron chi connectivity index (χ4n) is 2.61. The first-order chi connectivity index (χ1) is 13.6. The molecule has 0 aliphatic rings. The van der Waals surface area contributed by atoms with E-state index in [4.69, 9.17) is 9.15 Å². The Morgan fingerprint density at radius 2 is 1.82 bits per heavy atom. The Morgan fingerprint density at radius 1 is 1.00 bits per heavy atom. The first kappa shape index (κ1) is 19.0. The summed E-state index contributed by atoms with van der Waals surface area (Å²) in [6.45, 7) is 0.507. The fraction of sp³-hybridized carbons (Fsp3) is 0.143. The second kappa shape index (κ2) is 8.77. The third-order valence-electron chi connectivity index (χ3n) is 4.10. The summed E-state index contributed by atoms with van der Waals surface area (Å²) in [5, 5.41) is 15.4. The maximum Gasteiger partial charge on any atom is 0.255 e. The van der Waals surface area contributed by atoms with Crippen molar-refractivity contribution in [1.82, 2.24) is 10.6 Å². The predicted octanol–water partition coefficient (Wildman–Crippen LogP) is 2.85. The summed E-state index contributed by atoms with van der Waals surface area (Å²) in [7, 11) is 1.48. The number of furan rings is 1. The molecule has 0 saturated carbocycles. The van der Waals surface area contributed by atoms with Crippen molar-refractivity contribution in [3.05, 3.63) is 83.3 Å². The number of hydrogen-bond acceptors (Lipinski definition) is 5. The Hall–Kier alpha value is -3.74. The van der Waals surface area contributed by atoms with Gasteiger partial charge >= 0.3 is 0 Å². The highest BCUT2D eigenvalue weighted by Gasteiger charge is 2.12. The number of rotatable bonds is 7. The van der Waals surface area contributed by atoms with Crippen molar-refractivity contribution in [2.75, 3.05) is 7.11 Å². The monoisotopic (exact) mass is 380 g/mol. The third-order valence-corrected chi connectivity index (χ3v) is 4.10. The molecule has 0 aliphatic heterocycles. The van der Waals surface area contributed by atoms with Gasteiger partial charge in [0.1, 0.15) is 17.3 Å². The molecule has 0 unspecified atom stereocenters. The smallest absolute Gasteiger partial charge is 0.255 e. The van der Waals surface area contributed by atoms with Gasteiger partial charge in [0.2, 0.25) is 0 Å². The molecule has 28 heavy (non-hydrogen) atoms. The second-order valence-electron chi connectivity index (χ2n) is 6.03. The van der Waals surface area contributed by atoms with E-state index in [2.05, 4.69) is 10.6 Å². The molecule has 0 radical (unpaired) electrons. The number of methoxy groups -OCH3 is 1. The molecule has 2 aromatic carbocycles. The minimum absolute atomic E-state index is 0.146. The largest absolute Gasteiger partial charge is 0.507 e. The van der Waals surface area contributed by atoms with E-state index in [1.165, 1.54) is 19.2 Å². The van der Waals surface area contributed by atoms with E-state index in [0.717, 1.165) is 5.56 Å². The SMILES string of the molecule is COc1ccc(C(=O)NCc2cccc(C(=O)NCc3ccco3)c2)c(O)c1. The van der Waals surface area contributed by atoms with Gasteiger partial charge in [0, 0.05) is 18.2 Å². The fourth-order valence-corrected chi connectivity index (χ4v) is 2.61. The van der Waals surface area contributed by atoms with Gasteiger partial charge in [-0.2, -0.15) is 0 Å². The van der Waals surface area contributed by atoms with E-state index in [1.807, 2.05) is 0 Å². The van der Waals surface area contributed by atoms with Crippen LogP contribution in [0.4, 0.5) is 0 Å². The van der Waals surface area contributed by atoms with Gasteiger partial charge in [-0.25, -0.2) is 0 Å². The van der Waals surface area contributed by atoms with Crippen LogP contribution in [-0.2, 0) is 13.1 Å². The minimum atomic E-state index is -0.423. The Bertz CT molecular complexity index is 967. The molecule has 7 nitrogen and oxygen atoms in total. The molecule has 3 aromatic rings. The van der Waals surface area contributed by atoms with Crippen molar-refractivity contribution < 1.29 is 23.8 Å². The van der Waals surface area contributed by atoms with Crippen LogP contribution in [-0.4, -0.2) is 24.0 Å². The molecule has 3 N–H and O–H groups in total. The van der Waals surface area contributed by atoms with Gasteiger partial charge in [-0.3, -0.25) is 9.59 Å². The lowest BCUT2D eigenvalue weighted by Crippen LogP contribution is -2.24. The number of benzene rings is 2. The van der Waals surface area contributed by atoms with Crippen LogP contribution < -0.4 is 15.4 Å². The Kier molecular flexibility index (Phi) is 5.96. The quantitative estimate of drug-likeness (QED) is 0.585. The second-order valence-corrected chi connectivity index (χ2v) is 6.03. The van der Waals surface area contributed by atoms with Gasteiger partial charge in [0.15, 0.2) is 0 Å². The zero-order valence-corrected chi connectivity index (χ0v) is 15.3. The summed E-state index contributed by atoms with van der Waals surface area (Å²) >= 11 is 0. The first-order valence-electron chi connectivity index (χ1n) is 8.61. The summed E-state index contributed by atoms with van der Waals surface area (Å²) < 4.78 is 10.2. The molecule has 0 spiro atoms. The highest BCUT2D eigenvalue weighted by molar-refractivity contribution is 5.97. The minimum Gasteiger partial charge on any atom is -0.507 e. The lowest BCUT2D eigenvalue weighted by atomic mass is 10.1. The Balaban J connectivity index is 1.59.